The molecule has 7 nitrogen and oxygen atoms in total. The van der Waals surface area contributed by atoms with E-state index in [4.69, 9.17) is 13.8 Å². The summed E-state index contributed by atoms with van der Waals surface area (Å²) in [5, 5.41) is 4.57. The molecule has 1 fully saturated rings. The zero-order valence-electron chi connectivity index (χ0n) is 20.1. The molecule has 4 rings (SSSR count). The van der Waals surface area contributed by atoms with Gasteiger partial charge in [0.15, 0.2) is 5.96 Å². The molecule has 1 aliphatic heterocycles. The van der Waals surface area contributed by atoms with Crippen molar-refractivity contribution in [1.29, 1.82) is 0 Å². The molecule has 2 aromatic heterocycles. The Morgan fingerprint density at radius 1 is 1.21 bits per heavy atom. The zero-order chi connectivity index (χ0) is 22.5. The van der Waals surface area contributed by atoms with Gasteiger partial charge in [0.2, 0.25) is 5.89 Å². The molecule has 1 saturated heterocycles. The molecule has 33 heavy (non-hydrogen) atoms. The van der Waals surface area contributed by atoms with Crippen molar-refractivity contribution in [3.05, 3.63) is 53.4 Å². The second-order valence-electron chi connectivity index (χ2n) is 8.77. The van der Waals surface area contributed by atoms with Crippen LogP contribution in [-0.2, 0) is 13.1 Å². The average Bonchev–Trinajstić information content (AvgIpc) is 3.33. The van der Waals surface area contributed by atoms with E-state index in [0.717, 1.165) is 85.6 Å². The molecular weight excluding hydrogens is 529 g/mol. The summed E-state index contributed by atoms with van der Waals surface area (Å²) in [6.45, 7) is 11.4. The van der Waals surface area contributed by atoms with Crippen molar-refractivity contribution in [2.24, 2.45) is 10.9 Å². The maximum Gasteiger partial charge on any atom is 0.208 e. The number of oxazole rings is 1. The Morgan fingerprint density at radius 3 is 2.64 bits per heavy atom. The van der Waals surface area contributed by atoms with Crippen LogP contribution in [0.15, 0.2) is 44.2 Å². The lowest BCUT2D eigenvalue weighted by Crippen LogP contribution is -2.39. The molecule has 0 amide bonds. The molecule has 0 aliphatic carbocycles. The summed E-state index contributed by atoms with van der Waals surface area (Å²) < 4.78 is 11.7. The predicted molar refractivity (Wildman–Crippen MR) is 143 cm³/mol. The van der Waals surface area contributed by atoms with E-state index >= 15 is 0 Å². The van der Waals surface area contributed by atoms with Crippen LogP contribution in [0.1, 0.15) is 42.9 Å². The summed E-state index contributed by atoms with van der Waals surface area (Å²) in [6, 6.07) is 10.2. The molecule has 0 radical (unpaired) electrons. The van der Waals surface area contributed by atoms with Gasteiger partial charge in [-0.2, -0.15) is 0 Å². The summed E-state index contributed by atoms with van der Waals surface area (Å²) in [7, 11) is 2.07. The fourth-order valence-electron chi connectivity index (χ4n) is 4.23. The maximum absolute atomic E-state index is 5.99. The van der Waals surface area contributed by atoms with Crippen LogP contribution in [-0.4, -0.2) is 54.0 Å². The number of hydrogen-bond acceptors (Lipinski definition) is 5. The quantitative estimate of drug-likeness (QED) is 0.248. The van der Waals surface area contributed by atoms with Crippen molar-refractivity contribution in [2.75, 3.05) is 33.2 Å². The standard InChI is InChI=1S/C25H35N5O2.HI/c1-5-26-25(29(4)16-22-14-21-8-6-7-9-23(21)32-22)27-15-20-10-12-30(13-11-20)17-24-28-18(2)19(3)31-24;/h6-9,14,20H,5,10-13,15-17H2,1-4H3,(H,26,27);1H. The zero-order valence-corrected chi connectivity index (χ0v) is 22.5. The van der Waals surface area contributed by atoms with E-state index in [9.17, 15) is 0 Å². The Balaban J connectivity index is 0.00000306. The maximum atomic E-state index is 5.99. The highest BCUT2D eigenvalue weighted by Gasteiger charge is 2.21. The van der Waals surface area contributed by atoms with Gasteiger partial charge in [-0.05, 0) is 64.8 Å². The number of halogens is 1. The van der Waals surface area contributed by atoms with Crippen LogP contribution >= 0.6 is 24.0 Å². The highest BCUT2D eigenvalue weighted by molar-refractivity contribution is 14.0. The van der Waals surface area contributed by atoms with Crippen LogP contribution in [0.5, 0.6) is 0 Å². The second kappa shape index (κ2) is 11.9. The van der Waals surface area contributed by atoms with Crippen molar-refractivity contribution >= 4 is 40.9 Å². The van der Waals surface area contributed by atoms with Crippen LogP contribution in [0.25, 0.3) is 11.0 Å². The van der Waals surface area contributed by atoms with Crippen LogP contribution in [0, 0.1) is 19.8 Å². The minimum atomic E-state index is 0. The first-order valence-electron chi connectivity index (χ1n) is 11.6. The largest absolute Gasteiger partial charge is 0.459 e. The Morgan fingerprint density at radius 2 is 1.97 bits per heavy atom. The van der Waals surface area contributed by atoms with E-state index in [0.29, 0.717) is 12.5 Å². The first-order valence-corrected chi connectivity index (χ1v) is 11.6. The molecule has 1 aromatic carbocycles. The number of guanidine groups is 1. The molecule has 0 unspecified atom stereocenters. The van der Waals surface area contributed by atoms with Gasteiger partial charge in [0.1, 0.15) is 17.1 Å². The minimum Gasteiger partial charge on any atom is -0.459 e. The van der Waals surface area contributed by atoms with Crippen molar-refractivity contribution in [1.82, 2.24) is 20.1 Å². The van der Waals surface area contributed by atoms with Crippen LogP contribution in [0.3, 0.4) is 0 Å². The summed E-state index contributed by atoms with van der Waals surface area (Å²) in [4.78, 5) is 14.0. The Bertz CT molecular complexity index is 1000. The van der Waals surface area contributed by atoms with E-state index in [1.807, 2.05) is 32.0 Å². The fourth-order valence-corrected chi connectivity index (χ4v) is 4.23. The Kier molecular flexibility index (Phi) is 9.19. The summed E-state index contributed by atoms with van der Waals surface area (Å²) in [6.07, 6.45) is 2.30. The monoisotopic (exact) mass is 565 g/mol. The van der Waals surface area contributed by atoms with Crippen LogP contribution in [0.4, 0.5) is 0 Å². The number of fused-ring (bicyclic) bond motifs is 1. The van der Waals surface area contributed by atoms with Gasteiger partial charge in [0, 0.05) is 25.5 Å². The molecule has 0 atom stereocenters. The normalized spacial score (nSPS) is 15.6. The number of likely N-dealkylation sites (tertiary alicyclic amines) is 1. The highest BCUT2D eigenvalue weighted by Crippen LogP contribution is 2.21. The number of furan rings is 1. The van der Waals surface area contributed by atoms with E-state index in [1.165, 1.54) is 0 Å². The van der Waals surface area contributed by atoms with Crippen molar-refractivity contribution in [3.8, 4) is 0 Å². The third kappa shape index (κ3) is 6.72. The van der Waals surface area contributed by atoms with Gasteiger partial charge in [0.25, 0.3) is 0 Å². The summed E-state index contributed by atoms with van der Waals surface area (Å²) >= 11 is 0. The number of benzene rings is 1. The van der Waals surface area contributed by atoms with E-state index in [-0.39, 0.29) is 24.0 Å². The number of hydrogen-bond donors (Lipinski definition) is 1. The van der Waals surface area contributed by atoms with Crippen molar-refractivity contribution in [2.45, 2.75) is 46.7 Å². The van der Waals surface area contributed by atoms with E-state index in [2.05, 4.69) is 46.2 Å². The average molecular weight is 566 g/mol. The van der Waals surface area contributed by atoms with Crippen LogP contribution < -0.4 is 5.32 Å². The predicted octanol–water partition coefficient (Wildman–Crippen LogP) is 4.97. The summed E-state index contributed by atoms with van der Waals surface area (Å²) in [5.41, 5.74) is 1.92. The third-order valence-electron chi connectivity index (χ3n) is 6.20. The molecule has 3 aromatic rings. The van der Waals surface area contributed by atoms with E-state index < -0.39 is 0 Å². The fraction of sp³-hybridized carbons (Fsp3) is 0.520. The molecule has 3 heterocycles. The number of piperidine rings is 1. The lowest BCUT2D eigenvalue weighted by atomic mass is 9.97. The molecule has 180 valence electrons. The number of nitrogens with one attached hydrogen (secondary N) is 1. The Hall–Kier alpha value is -2.07. The van der Waals surface area contributed by atoms with Gasteiger partial charge < -0.3 is 19.1 Å². The van der Waals surface area contributed by atoms with Gasteiger partial charge in [-0.25, -0.2) is 4.98 Å². The molecule has 8 heteroatoms. The lowest BCUT2D eigenvalue weighted by Gasteiger charge is -2.30. The van der Waals surface area contributed by atoms with Crippen molar-refractivity contribution in [3.63, 3.8) is 0 Å². The van der Waals surface area contributed by atoms with Crippen molar-refractivity contribution < 1.29 is 8.83 Å². The first-order chi connectivity index (χ1) is 15.5. The lowest BCUT2D eigenvalue weighted by molar-refractivity contribution is 0.166. The van der Waals surface area contributed by atoms with Gasteiger partial charge in [-0.1, -0.05) is 18.2 Å². The van der Waals surface area contributed by atoms with Gasteiger partial charge in [-0.15, -0.1) is 24.0 Å². The molecular formula is C25H36IN5O2. The SMILES string of the molecule is CCNC(=NCC1CCN(Cc2nc(C)c(C)o2)CC1)N(C)Cc1cc2ccccc2o1.I. The van der Waals surface area contributed by atoms with Gasteiger partial charge in [0.05, 0.1) is 18.8 Å². The number of rotatable bonds is 7. The molecule has 0 saturated carbocycles. The number of aryl methyl sites for hydroxylation is 2. The number of aromatic nitrogens is 1. The van der Waals surface area contributed by atoms with Gasteiger partial charge in [-0.3, -0.25) is 9.89 Å². The number of aliphatic imine (C=N–C) groups is 1. The minimum absolute atomic E-state index is 0. The molecule has 1 aliphatic rings. The molecule has 1 N–H and O–H groups in total. The molecule has 0 bridgehead atoms. The topological polar surface area (TPSA) is 70.0 Å². The second-order valence-corrected chi connectivity index (χ2v) is 8.77. The first kappa shape index (κ1) is 25.6. The number of nitrogens with zero attached hydrogens (tertiary/aromatic N) is 4. The third-order valence-corrected chi connectivity index (χ3v) is 6.20. The number of para-hydroxylation sites is 1. The smallest absolute Gasteiger partial charge is 0.208 e. The van der Waals surface area contributed by atoms with Crippen LogP contribution in [0.2, 0.25) is 0 Å². The van der Waals surface area contributed by atoms with Gasteiger partial charge >= 0.3 is 0 Å². The van der Waals surface area contributed by atoms with E-state index in [1.54, 1.807) is 0 Å². The molecule has 0 spiro atoms. The Labute approximate surface area is 213 Å². The summed E-state index contributed by atoms with van der Waals surface area (Å²) in [5.74, 6) is 4.24. The highest BCUT2D eigenvalue weighted by atomic mass is 127.